The summed E-state index contributed by atoms with van der Waals surface area (Å²) in [7, 11) is 3.69. The summed E-state index contributed by atoms with van der Waals surface area (Å²) >= 11 is 3.67. The van der Waals surface area contributed by atoms with Crippen LogP contribution in [0.4, 0.5) is 0 Å². The Morgan fingerprint density at radius 3 is 2.14 bits per heavy atom. The second kappa shape index (κ2) is 6.63. The minimum atomic E-state index is 0.158. The molecule has 0 aromatic heterocycles. The zero-order valence-electron chi connectivity index (χ0n) is 13.3. The standard InChI is InChI=1S/C18H22BrNO/c1-11-8-12(2)17(13(3)9-11)18(20-4)15-7-6-14(21-5)10-16(15)19/h6-10,18,20H,1-5H3. The Morgan fingerprint density at radius 1 is 1.05 bits per heavy atom. The average molecular weight is 348 g/mol. The van der Waals surface area contributed by atoms with E-state index in [0.717, 1.165) is 10.2 Å². The van der Waals surface area contributed by atoms with Crippen molar-refractivity contribution in [1.82, 2.24) is 5.32 Å². The van der Waals surface area contributed by atoms with Crippen molar-refractivity contribution in [2.24, 2.45) is 0 Å². The minimum Gasteiger partial charge on any atom is -0.497 e. The van der Waals surface area contributed by atoms with Crippen LogP contribution in [0.3, 0.4) is 0 Å². The predicted molar refractivity (Wildman–Crippen MR) is 92.2 cm³/mol. The van der Waals surface area contributed by atoms with Gasteiger partial charge in [0.2, 0.25) is 0 Å². The highest BCUT2D eigenvalue weighted by Crippen LogP contribution is 2.34. The van der Waals surface area contributed by atoms with Crippen LogP contribution in [0.15, 0.2) is 34.8 Å². The number of nitrogens with one attached hydrogen (secondary N) is 1. The molecule has 112 valence electrons. The van der Waals surface area contributed by atoms with Gasteiger partial charge in [-0.2, -0.15) is 0 Å². The third-order valence-corrected chi connectivity index (χ3v) is 4.52. The van der Waals surface area contributed by atoms with Gasteiger partial charge in [-0.25, -0.2) is 0 Å². The van der Waals surface area contributed by atoms with Crippen LogP contribution in [0.25, 0.3) is 0 Å². The van der Waals surface area contributed by atoms with Crippen LogP contribution in [0.5, 0.6) is 5.75 Å². The number of rotatable bonds is 4. The second-order valence-corrected chi connectivity index (χ2v) is 6.28. The van der Waals surface area contributed by atoms with E-state index in [4.69, 9.17) is 4.74 Å². The Labute approximate surface area is 135 Å². The number of benzene rings is 2. The fourth-order valence-corrected chi connectivity index (χ4v) is 3.56. The van der Waals surface area contributed by atoms with E-state index >= 15 is 0 Å². The molecule has 1 N–H and O–H groups in total. The normalized spacial score (nSPS) is 12.3. The first-order valence-corrected chi connectivity index (χ1v) is 7.85. The maximum atomic E-state index is 5.28. The maximum absolute atomic E-state index is 5.28. The molecule has 0 heterocycles. The van der Waals surface area contributed by atoms with Gasteiger partial charge in [-0.15, -0.1) is 0 Å². The molecule has 3 heteroatoms. The number of halogens is 1. The van der Waals surface area contributed by atoms with Crippen molar-refractivity contribution in [3.05, 3.63) is 62.6 Å². The van der Waals surface area contributed by atoms with Gasteiger partial charge in [0.25, 0.3) is 0 Å². The molecule has 2 aromatic carbocycles. The molecule has 0 aliphatic heterocycles. The zero-order chi connectivity index (χ0) is 15.6. The summed E-state index contributed by atoms with van der Waals surface area (Å²) < 4.78 is 6.34. The molecule has 0 aliphatic carbocycles. The number of hydrogen-bond donors (Lipinski definition) is 1. The summed E-state index contributed by atoms with van der Waals surface area (Å²) in [5, 5.41) is 3.44. The average Bonchev–Trinajstić information content (AvgIpc) is 2.43. The fraction of sp³-hybridized carbons (Fsp3) is 0.333. The van der Waals surface area contributed by atoms with E-state index in [9.17, 15) is 0 Å². The molecular formula is C18H22BrNO. The van der Waals surface area contributed by atoms with Gasteiger partial charge in [-0.05, 0) is 62.2 Å². The third-order valence-electron chi connectivity index (χ3n) is 3.83. The van der Waals surface area contributed by atoms with E-state index in [2.05, 4.69) is 60.2 Å². The van der Waals surface area contributed by atoms with Crippen LogP contribution >= 0.6 is 15.9 Å². The van der Waals surface area contributed by atoms with Crippen molar-refractivity contribution in [3.8, 4) is 5.75 Å². The van der Waals surface area contributed by atoms with Crippen molar-refractivity contribution >= 4 is 15.9 Å². The van der Waals surface area contributed by atoms with Gasteiger partial charge in [0, 0.05) is 4.47 Å². The predicted octanol–water partition coefficient (Wildman–Crippen LogP) is 4.69. The number of aryl methyl sites for hydroxylation is 3. The highest BCUT2D eigenvalue weighted by molar-refractivity contribution is 9.10. The van der Waals surface area contributed by atoms with Crippen LogP contribution < -0.4 is 10.1 Å². The van der Waals surface area contributed by atoms with E-state index < -0.39 is 0 Å². The molecule has 0 saturated carbocycles. The second-order valence-electron chi connectivity index (χ2n) is 5.42. The molecule has 2 aromatic rings. The summed E-state index contributed by atoms with van der Waals surface area (Å²) in [6.07, 6.45) is 0. The van der Waals surface area contributed by atoms with Crippen LogP contribution in [0, 0.1) is 20.8 Å². The van der Waals surface area contributed by atoms with Gasteiger partial charge in [-0.1, -0.05) is 39.7 Å². The molecule has 2 rings (SSSR count). The first-order valence-electron chi connectivity index (χ1n) is 7.06. The Hall–Kier alpha value is -1.32. The first-order chi connectivity index (χ1) is 9.97. The lowest BCUT2D eigenvalue weighted by atomic mass is 9.90. The Bertz CT molecular complexity index is 629. The van der Waals surface area contributed by atoms with Crippen LogP contribution in [-0.4, -0.2) is 14.2 Å². The van der Waals surface area contributed by atoms with Crippen LogP contribution in [0.2, 0.25) is 0 Å². The Kier molecular flexibility index (Phi) is 5.07. The van der Waals surface area contributed by atoms with Crippen molar-refractivity contribution in [1.29, 1.82) is 0 Å². The smallest absolute Gasteiger partial charge is 0.120 e. The highest BCUT2D eigenvalue weighted by atomic mass is 79.9. The number of hydrogen-bond acceptors (Lipinski definition) is 2. The lowest BCUT2D eigenvalue weighted by Crippen LogP contribution is -2.20. The molecule has 0 radical (unpaired) electrons. The Balaban J connectivity index is 2.55. The topological polar surface area (TPSA) is 21.3 Å². The van der Waals surface area contributed by atoms with Gasteiger partial charge in [0.05, 0.1) is 13.2 Å². The molecule has 21 heavy (non-hydrogen) atoms. The molecule has 1 unspecified atom stereocenters. The maximum Gasteiger partial charge on any atom is 0.120 e. The zero-order valence-corrected chi connectivity index (χ0v) is 14.8. The summed E-state index contributed by atoms with van der Waals surface area (Å²) in [5.74, 6) is 0.859. The van der Waals surface area contributed by atoms with Crippen LogP contribution in [-0.2, 0) is 0 Å². The summed E-state index contributed by atoms with van der Waals surface area (Å²) in [6, 6.07) is 10.8. The molecule has 0 aliphatic rings. The first kappa shape index (κ1) is 16.1. The SMILES string of the molecule is CNC(c1ccc(OC)cc1Br)c1c(C)cc(C)cc1C. The van der Waals surface area contributed by atoms with E-state index in [0.29, 0.717) is 0 Å². The molecule has 0 amide bonds. The molecule has 2 nitrogen and oxygen atoms in total. The molecule has 0 bridgehead atoms. The van der Waals surface area contributed by atoms with Gasteiger partial charge in [-0.3, -0.25) is 0 Å². The number of methoxy groups -OCH3 is 1. The van der Waals surface area contributed by atoms with E-state index in [1.54, 1.807) is 7.11 Å². The third kappa shape index (κ3) is 3.30. The van der Waals surface area contributed by atoms with Gasteiger partial charge in [0.15, 0.2) is 0 Å². The largest absolute Gasteiger partial charge is 0.497 e. The number of ether oxygens (including phenoxy) is 1. The van der Waals surface area contributed by atoms with E-state index in [1.807, 2.05) is 19.2 Å². The molecule has 0 spiro atoms. The van der Waals surface area contributed by atoms with Crippen molar-refractivity contribution in [2.45, 2.75) is 26.8 Å². The monoisotopic (exact) mass is 347 g/mol. The van der Waals surface area contributed by atoms with Gasteiger partial charge >= 0.3 is 0 Å². The molecule has 0 saturated heterocycles. The van der Waals surface area contributed by atoms with Gasteiger partial charge in [0.1, 0.15) is 5.75 Å². The summed E-state index contributed by atoms with van der Waals surface area (Å²) in [6.45, 7) is 6.50. The van der Waals surface area contributed by atoms with E-state index in [-0.39, 0.29) is 6.04 Å². The highest BCUT2D eigenvalue weighted by Gasteiger charge is 2.19. The minimum absolute atomic E-state index is 0.158. The molecular weight excluding hydrogens is 326 g/mol. The van der Waals surface area contributed by atoms with Gasteiger partial charge < -0.3 is 10.1 Å². The van der Waals surface area contributed by atoms with E-state index in [1.165, 1.54) is 27.8 Å². The van der Waals surface area contributed by atoms with Crippen molar-refractivity contribution < 1.29 is 4.74 Å². The van der Waals surface area contributed by atoms with Crippen LogP contribution in [0.1, 0.15) is 33.9 Å². The molecule has 1 atom stereocenters. The lowest BCUT2D eigenvalue weighted by Gasteiger charge is -2.23. The molecule has 0 fully saturated rings. The summed E-state index contributed by atoms with van der Waals surface area (Å²) in [5.41, 5.74) is 6.49. The van der Waals surface area contributed by atoms with Crippen molar-refractivity contribution in [2.75, 3.05) is 14.2 Å². The van der Waals surface area contributed by atoms with Crippen molar-refractivity contribution in [3.63, 3.8) is 0 Å². The fourth-order valence-electron chi connectivity index (χ4n) is 2.97. The lowest BCUT2D eigenvalue weighted by molar-refractivity contribution is 0.414. The Morgan fingerprint density at radius 2 is 1.67 bits per heavy atom. The quantitative estimate of drug-likeness (QED) is 0.865. The summed E-state index contributed by atoms with van der Waals surface area (Å²) in [4.78, 5) is 0.